The highest BCUT2D eigenvalue weighted by atomic mass is 35.5. The van der Waals surface area contributed by atoms with Crippen LogP contribution in [0.4, 0.5) is 5.69 Å². The van der Waals surface area contributed by atoms with Crippen LogP contribution in [0.1, 0.15) is 19.4 Å². The van der Waals surface area contributed by atoms with E-state index in [1.807, 2.05) is 12.1 Å². The third-order valence-corrected chi connectivity index (χ3v) is 3.34. The van der Waals surface area contributed by atoms with E-state index in [4.69, 9.17) is 29.6 Å². The lowest BCUT2D eigenvalue weighted by molar-refractivity contribution is 0.316. The summed E-state index contributed by atoms with van der Waals surface area (Å²) in [7, 11) is 0. The zero-order chi connectivity index (χ0) is 13.5. The third kappa shape index (κ3) is 4.44. The molecule has 0 heterocycles. The summed E-state index contributed by atoms with van der Waals surface area (Å²) in [5.41, 5.74) is 7.43. The highest BCUT2D eigenvalue weighted by Crippen LogP contribution is 2.20. The molecule has 5 heteroatoms. The maximum absolute atomic E-state index is 5.98. The Morgan fingerprint density at radius 1 is 1.39 bits per heavy atom. The van der Waals surface area contributed by atoms with Crippen molar-refractivity contribution in [1.82, 2.24) is 4.90 Å². The molecule has 3 nitrogen and oxygen atoms in total. The van der Waals surface area contributed by atoms with E-state index >= 15 is 0 Å². The number of rotatable bonds is 7. The van der Waals surface area contributed by atoms with Gasteiger partial charge in [0.1, 0.15) is 4.99 Å². The molecular weight excluding hydrogens is 266 g/mol. The molecular formula is C13H20ClN3S. The zero-order valence-electron chi connectivity index (χ0n) is 10.9. The summed E-state index contributed by atoms with van der Waals surface area (Å²) in [6, 6.07) is 5.51. The van der Waals surface area contributed by atoms with Gasteiger partial charge in [-0.2, -0.15) is 0 Å². The van der Waals surface area contributed by atoms with E-state index in [2.05, 4.69) is 24.1 Å². The Hall–Kier alpha value is -0.840. The van der Waals surface area contributed by atoms with Crippen LogP contribution in [0.25, 0.3) is 0 Å². The van der Waals surface area contributed by atoms with Crippen molar-refractivity contribution in [3.63, 3.8) is 0 Å². The molecule has 0 atom stereocenters. The van der Waals surface area contributed by atoms with Crippen LogP contribution in [0.2, 0.25) is 5.02 Å². The minimum Gasteiger partial charge on any atom is -0.389 e. The quantitative estimate of drug-likeness (QED) is 0.756. The van der Waals surface area contributed by atoms with Gasteiger partial charge in [0.15, 0.2) is 0 Å². The highest BCUT2D eigenvalue weighted by molar-refractivity contribution is 7.80. The molecule has 1 aromatic rings. The van der Waals surface area contributed by atoms with Gasteiger partial charge in [0.05, 0.1) is 0 Å². The molecule has 0 saturated carbocycles. The first-order valence-corrected chi connectivity index (χ1v) is 6.92. The van der Waals surface area contributed by atoms with Crippen LogP contribution in [-0.4, -0.2) is 36.1 Å². The summed E-state index contributed by atoms with van der Waals surface area (Å²) in [4.78, 5) is 2.73. The Bertz CT molecular complexity index is 405. The fraction of sp³-hybridized carbons (Fsp3) is 0.462. The minimum absolute atomic E-state index is 0.386. The van der Waals surface area contributed by atoms with Gasteiger partial charge < -0.3 is 16.0 Å². The highest BCUT2D eigenvalue weighted by Gasteiger charge is 2.06. The van der Waals surface area contributed by atoms with E-state index in [-0.39, 0.29) is 0 Å². The second kappa shape index (κ2) is 7.56. The second-order valence-corrected chi connectivity index (χ2v) is 4.88. The molecule has 0 aliphatic rings. The van der Waals surface area contributed by atoms with E-state index < -0.39 is 0 Å². The fourth-order valence-electron chi connectivity index (χ4n) is 1.77. The lowest BCUT2D eigenvalue weighted by atomic mass is 10.2. The number of halogens is 1. The van der Waals surface area contributed by atoms with Gasteiger partial charge in [0, 0.05) is 29.4 Å². The van der Waals surface area contributed by atoms with Crippen LogP contribution in [0.3, 0.4) is 0 Å². The van der Waals surface area contributed by atoms with E-state index in [0.29, 0.717) is 10.0 Å². The van der Waals surface area contributed by atoms with Crippen LogP contribution in [-0.2, 0) is 0 Å². The Balaban J connectivity index is 2.66. The van der Waals surface area contributed by atoms with Crippen LogP contribution < -0.4 is 11.1 Å². The summed E-state index contributed by atoms with van der Waals surface area (Å²) < 4.78 is 0. The summed E-state index contributed by atoms with van der Waals surface area (Å²) in [6.45, 7) is 8.24. The molecule has 1 aromatic carbocycles. The van der Waals surface area contributed by atoms with Crippen LogP contribution in [0, 0.1) is 0 Å². The number of benzene rings is 1. The molecule has 0 saturated heterocycles. The van der Waals surface area contributed by atoms with Gasteiger partial charge in [-0.15, -0.1) is 0 Å². The van der Waals surface area contributed by atoms with Crippen molar-refractivity contribution < 1.29 is 0 Å². The van der Waals surface area contributed by atoms with Crippen molar-refractivity contribution in [2.75, 3.05) is 31.5 Å². The predicted octanol–water partition coefficient (Wildman–Crippen LogP) is 2.73. The molecule has 0 radical (unpaired) electrons. The molecule has 0 spiro atoms. The van der Waals surface area contributed by atoms with Gasteiger partial charge in [0.25, 0.3) is 0 Å². The van der Waals surface area contributed by atoms with Gasteiger partial charge in [0.2, 0.25) is 0 Å². The van der Waals surface area contributed by atoms with E-state index in [1.165, 1.54) is 0 Å². The smallest absolute Gasteiger partial charge is 0.106 e. The molecule has 0 aliphatic carbocycles. The number of nitrogens with two attached hydrogens (primary N) is 1. The lowest BCUT2D eigenvalue weighted by Gasteiger charge is -2.19. The second-order valence-electron chi connectivity index (χ2n) is 4.01. The summed E-state index contributed by atoms with van der Waals surface area (Å²) in [6.07, 6.45) is 0. The van der Waals surface area contributed by atoms with Crippen molar-refractivity contribution >= 4 is 34.5 Å². The Kier molecular flexibility index (Phi) is 6.39. The minimum atomic E-state index is 0.386. The SMILES string of the molecule is CCN(CC)CCNc1cc(Cl)ccc1C(N)=S. The molecule has 0 unspecified atom stereocenters. The molecule has 1 rings (SSSR count). The molecule has 18 heavy (non-hydrogen) atoms. The molecule has 0 amide bonds. The third-order valence-electron chi connectivity index (χ3n) is 2.88. The number of hydrogen-bond donors (Lipinski definition) is 2. The maximum atomic E-state index is 5.98. The maximum Gasteiger partial charge on any atom is 0.106 e. The summed E-state index contributed by atoms with van der Waals surface area (Å²) in [5.74, 6) is 0. The summed E-state index contributed by atoms with van der Waals surface area (Å²) in [5, 5.41) is 4.02. The molecule has 0 aliphatic heterocycles. The van der Waals surface area contributed by atoms with Gasteiger partial charge in [-0.3, -0.25) is 0 Å². The molecule has 0 aromatic heterocycles. The average Bonchev–Trinajstić information content (AvgIpc) is 2.34. The van der Waals surface area contributed by atoms with E-state index in [1.54, 1.807) is 6.07 Å². The zero-order valence-corrected chi connectivity index (χ0v) is 12.4. The molecule has 0 bridgehead atoms. The number of hydrogen-bond acceptors (Lipinski definition) is 3. The summed E-state index contributed by atoms with van der Waals surface area (Å²) >= 11 is 11.0. The van der Waals surface area contributed by atoms with Gasteiger partial charge in [-0.25, -0.2) is 0 Å². The Morgan fingerprint density at radius 3 is 2.61 bits per heavy atom. The standard InChI is InChI=1S/C13H20ClN3S/c1-3-17(4-2)8-7-16-12-9-10(14)5-6-11(12)13(15)18/h5-6,9,16H,3-4,7-8H2,1-2H3,(H2,15,18). The van der Waals surface area contributed by atoms with Crippen LogP contribution >= 0.6 is 23.8 Å². The molecule has 100 valence electrons. The van der Waals surface area contributed by atoms with Crippen molar-refractivity contribution in [3.8, 4) is 0 Å². The van der Waals surface area contributed by atoms with Crippen molar-refractivity contribution in [2.45, 2.75) is 13.8 Å². The Labute approximate surface area is 119 Å². The van der Waals surface area contributed by atoms with Gasteiger partial charge >= 0.3 is 0 Å². The number of nitrogens with zero attached hydrogens (tertiary/aromatic N) is 1. The number of nitrogens with one attached hydrogen (secondary N) is 1. The first-order valence-electron chi connectivity index (χ1n) is 6.14. The number of thiocarbonyl (C=S) groups is 1. The first-order chi connectivity index (χ1) is 8.58. The normalized spacial score (nSPS) is 10.7. The van der Waals surface area contributed by atoms with Crippen molar-refractivity contribution in [3.05, 3.63) is 28.8 Å². The monoisotopic (exact) mass is 285 g/mol. The van der Waals surface area contributed by atoms with E-state index in [9.17, 15) is 0 Å². The average molecular weight is 286 g/mol. The number of anilines is 1. The number of likely N-dealkylation sites (N-methyl/N-ethyl adjacent to an activating group) is 1. The van der Waals surface area contributed by atoms with Crippen molar-refractivity contribution in [2.24, 2.45) is 5.73 Å². The van der Waals surface area contributed by atoms with Crippen molar-refractivity contribution in [1.29, 1.82) is 0 Å². The predicted molar refractivity (Wildman–Crippen MR) is 83.6 cm³/mol. The first kappa shape index (κ1) is 15.2. The Morgan fingerprint density at radius 2 is 2.06 bits per heavy atom. The van der Waals surface area contributed by atoms with Gasteiger partial charge in [-0.1, -0.05) is 37.7 Å². The van der Waals surface area contributed by atoms with Crippen LogP contribution in [0.15, 0.2) is 18.2 Å². The molecule has 3 N–H and O–H groups in total. The largest absolute Gasteiger partial charge is 0.389 e. The van der Waals surface area contributed by atoms with E-state index in [0.717, 1.165) is 37.4 Å². The molecule has 0 fully saturated rings. The van der Waals surface area contributed by atoms with Crippen LogP contribution in [0.5, 0.6) is 0 Å². The lowest BCUT2D eigenvalue weighted by Crippen LogP contribution is -2.29. The fourth-order valence-corrected chi connectivity index (χ4v) is 2.12. The van der Waals surface area contributed by atoms with Gasteiger partial charge in [-0.05, 0) is 31.3 Å². The topological polar surface area (TPSA) is 41.3 Å².